The van der Waals surface area contributed by atoms with Crippen molar-refractivity contribution in [2.24, 2.45) is 0 Å². The highest BCUT2D eigenvalue weighted by molar-refractivity contribution is 5.96. The van der Waals surface area contributed by atoms with E-state index < -0.39 is 11.9 Å². The maximum absolute atomic E-state index is 12.8. The summed E-state index contributed by atoms with van der Waals surface area (Å²) in [4.78, 5) is 26.5. The average molecular weight is 383 g/mol. The number of hydrogen-bond donors (Lipinski definition) is 2. The summed E-state index contributed by atoms with van der Waals surface area (Å²) in [6.45, 7) is 2.48. The van der Waals surface area contributed by atoms with Gasteiger partial charge < -0.3 is 24.8 Å². The van der Waals surface area contributed by atoms with Crippen LogP contribution < -0.4 is 10.6 Å². The first kappa shape index (κ1) is 19.4. The summed E-state index contributed by atoms with van der Waals surface area (Å²) in [7, 11) is 0. The molecule has 0 spiro atoms. The van der Waals surface area contributed by atoms with Crippen molar-refractivity contribution in [3.63, 3.8) is 0 Å². The molecule has 0 bridgehead atoms. The Morgan fingerprint density at radius 3 is 2.89 bits per heavy atom. The fourth-order valence-corrected chi connectivity index (χ4v) is 2.90. The molecule has 0 aliphatic carbocycles. The first-order chi connectivity index (χ1) is 13.5. The Labute approximate surface area is 162 Å². The number of benzene rings is 1. The van der Waals surface area contributed by atoms with E-state index in [0.717, 1.165) is 12.8 Å². The van der Waals surface area contributed by atoms with Crippen LogP contribution in [0.25, 0.3) is 0 Å². The fraction of sp³-hybridized carbons (Fsp3) is 0.368. The zero-order valence-electron chi connectivity index (χ0n) is 15.5. The predicted molar refractivity (Wildman–Crippen MR) is 101 cm³/mol. The van der Waals surface area contributed by atoms with Crippen molar-refractivity contribution in [3.05, 3.63) is 41.7 Å². The van der Waals surface area contributed by atoms with E-state index in [-0.39, 0.29) is 19.2 Å². The average Bonchev–Trinajstić information content (AvgIpc) is 3.33. The third kappa shape index (κ3) is 5.31. The van der Waals surface area contributed by atoms with Crippen molar-refractivity contribution >= 4 is 23.4 Å². The largest absolute Gasteiger partial charge is 0.376 e. The van der Waals surface area contributed by atoms with E-state index >= 15 is 0 Å². The zero-order chi connectivity index (χ0) is 19.9. The molecule has 1 atom stereocenters. The number of aromatic nitrogens is 1. The summed E-state index contributed by atoms with van der Waals surface area (Å²) in [5, 5.41) is 18.1. The Kier molecular flexibility index (Phi) is 6.24. The lowest BCUT2D eigenvalue weighted by Gasteiger charge is -2.25. The van der Waals surface area contributed by atoms with Crippen LogP contribution in [0.4, 0.5) is 16.3 Å². The maximum atomic E-state index is 12.8. The number of carbonyl (C=O) groups excluding carboxylic acids is 2. The van der Waals surface area contributed by atoms with Crippen molar-refractivity contribution in [3.8, 4) is 6.07 Å². The molecule has 2 aromatic rings. The SMILES string of the molecule is Cc1cc(NC(=O)CN(C[C@H]2CCCO2)C(=O)Nc2cccc(C#N)c2)no1. The third-order valence-corrected chi connectivity index (χ3v) is 4.21. The predicted octanol–water partition coefficient (Wildman–Crippen LogP) is 2.51. The van der Waals surface area contributed by atoms with Crippen molar-refractivity contribution in [2.75, 3.05) is 30.3 Å². The molecular weight excluding hydrogens is 362 g/mol. The molecule has 2 heterocycles. The van der Waals surface area contributed by atoms with Crippen LogP contribution in [0.2, 0.25) is 0 Å². The number of ether oxygens (including phenoxy) is 1. The minimum atomic E-state index is -0.447. The van der Waals surface area contributed by atoms with Gasteiger partial charge in [0.15, 0.2) is 5.82 Å². The van der Waals surface area contributed by atoms with Crippen LogP contribution in [0.15, 0.2) is 34.9 Å². The van der Waals surface area contributed by atoms with E-state index in [2.05, 4.69) is 15.8 Å². The quantitative estimate of drug-likeness (QED) is 0.791. The topological polar surface area (TPSA) is 120 Å². The van der Waals surface area contributed by atoms with Crippen LogP contribution in [0.5, 0.6) is 0 Å². The van der Waals surface area contributed by atoms with E-state index in [1.165, 1.54) is 4.90 Å². The van der Waals surface area contributed by atoms with Crippen molar-refractivity contribution < 1.29 is 18.8 Å². The highest BCUT2D eigenvalue weighted by atomic mass is 16.5. The van der Waals surface area contributed by atoms with Gasteiger partial charge in [-0.1, -0.05) is 11.2 Å². The summed E-state index contributed by atoms with van der Waals surface area (Å²) < 4.78 is 10.5. The van der Waals surface area contributed by atoms with Gasteiger partial charge in [0.1, 0.15) is 12.3 Å². The summed E-state index contributed by atoms with van der Waals surface area (Å²) in [6.07, 6.45) is 1.64. The molecule has 1 saturated heterocycles. The summed E-state index contributed by atoms with van der Waals surface area (Å²) in [5.41, 5.74) is 0.913. The van der Waals surface area contributed by atoms with Gasteiger partial charge in [0, 0.05) is 24.9 Å². The Morgan fingerprint density at radius 2 is 2.21 bits per heavy atom. The normalized spacial score (nSPS) is 15.6. The molecule has 1 aromatic heterocycles. The Bertz CT molecular complexity index is 882. The van der Waals surface area contributed by atoms with Gasteiger partial charge in [-0.2, -0.15) is 5.26 Å². The van der Waals surface area contributed by atoms with Gasteiger partial charge in [-0.05, 0) is 38.0 Å². The number of hydrogen-bond acceptors (Lipinski definition) is 6. The lowest BCUT2D eigenvalue weighted by Crippen LogP contribution is -2.44. The van der Waals surface area contributed by atoms with Gasteiger partial charge in [0.2, 0.25) is 5.91 Å². The first-order valence-corrected chi connectivity index (χ1v) is 8.94. The lowest BCUT2D eigenvalue weighted by atomic mass is 10.2. The zero-order valence-corrected chi connectivity index (χ0v) is 15.5. The summed E-state index contributed by atoms with van der Waals surface area (Å²) in [5.74, 6) is 0.468. The number of nitrogens with one attached hydrogen (secondary N) is 2. The van der Waals surface area contributed by atoms with Gasteiger partial charge in [0.05, 0.1) is 17.7 Å². The van der Waals surface area contributed by atoms with Crippen molar-refractivity contribution in [1.29, 1.82) is 5.26 Å². The lowest BCUT2D eigenvalue weighted by molar-refractivity contribution is -0.117. The smallest absolute Gasteiger partial charge is 0.322 e. The number of aryl methyl sites for hydroxylation is 1. The number of nitrogens with zero attached hydrogens (tertiary/aromatic N) is 3. The highest BCUT2D eigenvalue weighted by Gasteiger charge is 2.25. The van der Waals surface area contributed by atoms with Crippen LogP contribution in [-0.2, 0) is 9.53 Å². The fourth-order valence-electron chi connectivity index (χ4n) is 2.90. The minimum absolute atomic E-state index is 0.113. The van der Waals surface area contributed by atoms with Gasteiger partial charge in [-0.3, -0.25) is 4.79 Å². The Balaban J connectivity index is 1.67. The molecule has 3 rings (SSSR count). The molecule has 3 amide bonds. The molecule has 146 valence electrons. The number of carbonyl (C=O) groups is 2. The van der Waals surface area contributed by atoms with Crippen LogP contribution in [0.1, 0.15) is 24.2 Å². The number of anilines is 2. The molecule has 0 unspecified atom stereocenters. The van der Waals surface area contributed by atoms with Gasteiger partial charge in [-0.25, -0.2) is 4.79 Å². The molecule has 0 radical (unpaired) electrons. The standard InChI is InChI=1S/C19H21N5O4/c1-13-8-17(23-28-13)22-18(25)12-24(11-16-6-3-7-27-16)19(26)21-15-5-2-4-14(9-15)10-20/h2,4-5,8-9,16H,3,6-7,11-12H2,1H3,(H,21,26)(H,22,23,25)/t16-/m1/s1. The van der Waals surface area contributed by atoms with Crippen LogP contribution in [0, 0.1) is 18.3 Å². The molecule has 28 heavy (non-hydrogen) atoms. The Morgan fingerprint density at radius 1 is 1.36 bits per heavy atom. The molecule has 9 nitrogen and oxygen atoms in total. The first-order valence-electron chi connectivity index (χ1n) is 8.94. The molecule has 0 saturated carbocycles. The number of rotatable bonds is 6. The highest BCUT2D eigenvalue weighted by Crippen LogP contribution is 2.16. The van der Waals surface area contributed by atoms with Crippen LogP contribution in [-0.4, -0.2) is 47.8 Å². The summed E-state index contributed by atoms with van der Waals surface area (Å²) in [6, 6.07) is 9.75. The number of nitriles is 1. The van der Waals surface area contributed by atoms with E-state index in [1.807, 2.05) is 6.07 Å². The molecule has 1 fully saturated rings. The molecule has 2 N–H and O–H groups in total. The van der Waals surface area contributed by atoms with Crippen molar-refractivity contribution in [2.45, 2.75) is 25.9 Å². The van der Waals surface area contributed by atoms with E-state index in [4.69, 9.17) is 14.5 Å². The van der Waals surface area contributed by atoms with Crippen LogP contribution in [0.3, 0.4) is 0 Å². The monoisotopic (exact) mass is 383 g/mol. The molecule has 1 aromatic carbocycles. The van der Waals surface area contributed by atoms with Crippen LogP contribution >= 0.6 is 0 Å². The second-order valence-electron chi connectivity index (χ2n) is 6.51. The molecular formula is C19H21N5O4. The summed E-state index contributed by atoms with van der Waals surface area (Å²) >= 11 is 0. The van der Waals surface area contributed by atoms with Gasteiger partial charge in [-0.15, -0.1) is 0 Å². The third-order valence-electron chi connectivity index (χ3n) is 4.21. The Hall–Kier alpha value is -3.38. The van der Waals surface area contributed by atoms with Crippen molar-refractivity contribution in [1.82, 2.24) is 10.1 Å². The maximum Gasteiger partial charge on any atom is 0.322 e. The van der Waals surface area contributed by atoms with Gasteiger partial charge >= 0.3 is 6.03 Å². The molecule has 1 aliphatic heterocycles. The van der Waals surface area contributed by atoms with E-state index in [0.29, 0.717) is 29.4 Å². The number of amides is 3. The van der Waals surface area contributed by atoms with E-state index in [9.17, 15) is 9.59 Å². The second kappa shape index (κ2) is 9.01. The number of urea groups is 1. The van der Waals surface area contributed by atoms with E-state index in [1.54, 1.807) is 37.3 Å². The minimum Gasteiger partial charge on any atom is -0.376 e. The molecule has 1 aliphatic rings. The second-order valence-corrected chi connectivity index (χ2v) is 6.51. The van der Waals surface area contributed by atoms with Gasteiger partial charge in [0.25, 0.3) is 0 Å². The molecule has 9 heteroatoms.